The summed E-state index contributed by atoms with van der Waals surface area (Å²) in [5.74, 6) is 1.38. The van der Waals surface area contributed by atoms with Gasteiger partial charge >= 0.3 is 0 Å². The first-order valence-electron chi connectivity index (χ1n) is 9.64. The second kappa shape index (κ2) is 9.44. The number of hydrogen-bond donors (Lipinski definition) is 1. The SMILES string of the molecule is COc1cccc(-n2c(SCC(=O)Nc3cccc(C)c3)nnc2-c2ccccn2)c1. The average molecular weight is 432 g/mol. The zero-order valence-corrected chi connectivity index (χ0v) is 18.0. The van der Waals surface area contributed by atoms with Gasteiger partial charge in [0, 0.05) is 18.0 Å². The van der Waals surface area contributed by atoms with Gasteiger partial charge in [-0.2, -0.15) is 0 Å². The molecule has 8 heteroatoms. The van der Waals surface area contributed by atoms with Gasteiger partial charge in [-0.15, -0.1) is 10.2 Å². The molecule has 2 heterocycles. The van der Waals surface area contributed by atoms with Crippen molar-refractivity contribution in [2.45, 2.75) is 12.1 Å². The van der Waals surface area contributed by atoms with Gasteiger partial charge in [0.05, 0.1) is 18.6 Å². The number of thioether (sulfide) groups is 1. The number of hydrogen-bond acceptors (Lipinski definition) is 6. The van der Waals surface area contributed by atoms with Crippen LogP contribution in [0.25, 0.3) is 17.2 Å². The Morgan fingerprint density at radius 1 is 1.06 bits per heavy atom. The van der Waals surface area contributed by atoms with Gasteiger partial charge < -0.3 is 10.1 Å². The van der Waals surface area contributed by atoms with Crippen LogP contribution in [0.2, 0.25) is 0 Å². The summed E-state index contributed by atoms with van der Waals surface area (Å²) in [7, 11) is 1.62. The van der Waals surface area contributed by atoms with Gasteiger partial charge in [0.25, 0.3) is 0 Å². The maximum Gasteiger partial charge on any atom is 0.234 e. The molecule has 0 atom stereocenters. The van der Waals surface area contributed by atoms with Crippen LogP contribution >= 0.6 is 11.8 Å². The van der Waals surface area contributed by atoms with Gasteiger partial charge in [-0.25, -0.2) is 0 Å². The Morgan fingerprint density at radius 3 is 2.71 bits per heavy atom. The number of rotatable bonds is 7. The fourth-order valence-electron chi connectivity index (χ4n) is 3.06. The summed E-state index contributed by atoms with van der Waals surface area (Å²) in [4.78, 5) is 16.9. The molecule has 0 bridgehead atoms. The van der Waals surface area contributed by atoms with Crippen LogP contribution in [0.5, 0.6) is 5.75 Å². The zero-order valence-electron chi connectivity index (χ0n) is 17.1. The van der Waals surface area contributed by atoms with Crippen LogP contribution < -0.4 is 10.1 Å². The van der Waals surface area contributed by atoms with Crippen molar-refractivity contribution in [2.24, 2.45) is 0 Å². The van der Waals surface area contributed by atoms with E-state index in [0.29, 0.717) is 22.4 Å². The van der Waals surface area contributed by atoms with Crippen LogP contribution in [0.3, 0.4) is 0 Å². The first kappa shape index (κ1) is 20.6. The van der Waals surface area contributed by atoms with E-state index in [1.807, 2.05) is 78.2 Å². The molecule has 7 nitrogen and oxygen atoms in total. The Labute approximate surface area is 184 Å². The number of pyridine rings is 1. The molecule has 31 heavy (non-hydrogen) atoms. The third-order valence-corrected chi connectivity index (χ3v) is 5.40. The number of benzene rings is 2. The van der Waals surface area contributed by atoms with E-state index >= 15 is 0 Å². The Balaban J connectivity index is 1.61. The fraction of sp³-hybridized carbons (Fsp3) is 0.130. The molecule has 0 spiro atoms. The van der Waals surface area contributed by atoms with Crippen molar-refractivity contribution < 1.29 is 9.53 Å². The second-order valence-electron chi connectivity index (χ2n) is 6.76. The number of nitrogens with one attached hydrogen (secondary N) is 1. The Kier molecular flexibility index (Phi) is 6.28. The molecule has 0 radical (unpaired) electrons. The fourth-order valence-corrected chi connectivity index (χ4v) is 3.81. The zero-order chi connectivity index (χ0) is 21.6. The molecule has 0 saturated carbocycles. The van der Waals surface area contributed by atoms with Gasteiger partial charge in [-0.05, 0) is 48.9 Å². The van der Waals surface area contributed by atoms with E-state index in [1.54, 1.807) is 13.3 Å². The summed E-state index contributed by atoms with van der Waals surface area (Å²) in [5, 5.41) is 12.2. The number of aryl methyl sites for hydroxylation is 1. The standard InChI is InChI=1S/C23H21N5O2S/c1-16-7-5-8-17(13-16)25-21(29)15-31-23-27-26-22(20-11-3-4-12-24-20)28(23)18-9-6-10-19(14-18)30-2/h3-14H,15H2,1-2H3,(H,25,29). The van der Waals surface area contributed by atoms with Crippen molar-refractivity contribution in [2.75, 3.05) is 18.2 Å². The van der Waals surface area contributed by atoms with Gasteiger partial charge in [0.1, 0.15) is 11.4 Å². The maximum absolute atomic E-state index is 12.5. The number of anilines is 1. The summed E-state index contributed by atoms with van der Waals surface area (Å²) in [6.45, 7) is 1.99. The molecule has 1 amide bonds. The monoisotopic (exact) mass is 431 g/mol. The van der Waals surface area contributed by atoms with E-state index in [2.05, 4.69) is 20.5 Å². The highest BCUT2D eigenvalue weighted by Gasteiger charge is 2.18. The topological polar surface area (TPSA) is 81.9 Å². The van der Waals surface area contributed by atoms with Crippen molar-refractivity contribution in [3.8, 4) is 23.0 Å². The number of methoxy groups -OCH3 is 1. The lowest BCUT2D eigenvalue weighted by atomic mass is 10.2. The van der Waals surface area contributed by atoms with Crippen LogP contribution in [0.4, 0.5) is 5.69 Å². The quantitative estimate of drug-likeness (QED) is 0.438. The molecule has 4 aromatic rings. The van der Waals surface area contributed by atoms with Crippen LogP contribution in [-0.4, -0.2) is 38.5 Å². The lowest BCUT2D eigenvalue weighted by molar-refractivity contribution is -0.113. The average Bonchev–Trinajstić information content (AvgIpc) is 3.22. The molecule has 0 fully saturated rings. The summed E-state index contributed by atoms with van der Waals surface area (Å²) in [5.41, 5.74) is 3.37. The molecule has 0 aliphatic rings. The van der Waals surface area contributed by atoms with Crippen LogP contribution in [-0.2, 0) is 4.79 Å². The first-order chi connectivity index (χ1) is 15.1. The molecule has 2 aromatic carbocycles. The normalized spacial score (nSPS) is 10.6. The Hall–Kier alpha value is -3.65. The number of carbonyl (C=O) groups is 1. The van der Waals surface area contributed by atoms with Crippen molar-refractivity contribution in [1.82, 2.24) is 19.7 Å². The third kappa shape index (κ3) is 4.92. The van der Waals surface area contributed by atoms with E-state index in [4.69, 9.17) is 4.74 Å². The Morgan fingerprint density at radius 2 is 1.94 bits per heavy atom. The molecule has 1 N–H and O–H groups in total. The van der Waals surface area contributed by atoms with Crippen LogP contribution in [0.15, 0.2) is 78.1 Å². The summed E-state index contributed by atoms with van der Waals surface area (Å²) in [6, 6.07) is 20.9. The Bertz CT molecular complexity index is 1190. The maximum atomic E-state index is 12.5. The highest BCUT2D eigenvalue weighted by molar-refractivity contribution is 7.99. The molecule has 0 aliphatic carbocycles. The van der Waals surface area contributed by atoms with E-state index in [-0.39, 0.29) is 11.7 Å². The molecule has 156 valence electrons. The number of nitrogens with zero attached hydrogens (tertiary/aromatic N) is 4. The molecule has 0 unspecified atom stereocenters. The van der Waals surface area contributed by atoms with Gasteiger partial charge in [-0.3, -0.25) is 14.3 Å². The lowest BCUT2D eigenvalue weighted by Gasteiger charge is -2.11. The van der Waals surface area contributed by atoms with E-state index in [0.717, 1.165) is 16.9 Å². The summed E-state index contributed by atoms with van der Waals surface area (Å²) in [6.07, 6.45) is 1.71. The highest BCUT2D eigenvalue weighted by atomic mass is 32.2. The highest BCUT2D eigenvalue weighted by Crippen LogP contribution is 2.28. The van der Waals surface area contributed by atoms with Gasteiger partial charge in [0.2, 0.25) is 5.91 Å². The number of carbonyl (C=O) groups excluding carboxylic acids is 1. The predicted molar refractivity (Wildman–Crippen MR) is 122 cm³/mol. The van der Waals surface area contributed by atoms with Gasteiger partial charge in [0.15, 0.2) is 11.0 Å². The molecule has 4 rings (SSSR count). The smallest absolute Gasteiger partial charge is 0.234 e. The first-order valence-corrected chi connectivity index (χ1v) is 10.6. The van der Waals surface area contributed by atoms with Crippen LogP contribution in [0.1, 0.15) is 5.56 Å². The number of amides is 1. The van der Waals surface area contributed by atoms with Crippen molar-refractivity contribution in [3.63, 3.8) is 0 Å². The second-order valence-corrected chi connectivity index (χ2v) is 7.71. The molecule has 0 saturated heterocycles. The minimum Gasteiger partial charge on any atom is -0.497 e. The molecular formula is C23H21N5O2S. The third-order valence-electron chi connectivity index (χ3n) is 4.47. The molecule has 0 aliphatic heterocycles. The van der Waals surface area contributed by atoms with Crippen molar-refractivity contribution in [1.29, 1.82) is 0 Å². The molecular weight excluding hydrogens is 410 g/mol. The molecule has 2 aromatic heterocycles. The number of aromatic nitrogens is 4. The van der Waals surface area contributed by atoms with Crippen molar-refractivity contribution in [3.05, 3.63) is 78.5 Å². The minimum atomic E-state index is -0.116. The largest absolute Gasteiger partial charge is 0.497 e. The van der Waals surface area contributed by atoms with E-state index < -0.39 is 0 Å². The number of ether oxygens (including phenoxy) is 1. The van der Waals surface area contributed by atoms with E-state index in [1.165, 1.54) is 11.8 Å². The summed E-state index contributed by atoms with van der Waals surface area (Å²) < 4.78 is 7.26. The van der Waals surface area contributed by atoms with Gasteiger partial charge in [-0.1, -0.05) is 36.0 Å². The minimum absolute atomic E-state index is 0.116. The van der Waals surface area contributed by atoms with E-state index in [9.17, 15) is 4.79 Å². The van der Waals surface area contributed by atoms with Crippen molar-refractivity contribution >= 4 is 23.4 Å². The predicted octanol–water partition coefficient (Wildman–Crippen LogP) is 4.38. The summed E-state index contributed by atoms with van der Waals surface area (Å²) >= 11 is 1.31. The van der Waals surface area contributed by atoms with Crippen LogP contribution in [0, 0.1) is 6.92 Å². The lowest BCUT2D eigenvalue weighted by Crippen LogP contribution is -2.14.